The van der Waals surface area contributed by atoms with Crippen LogP contribution in [0.5, 0.6) is 0 Å². The fourth-order valence-electron chi connectivity index (χ4n) is 11.7. The third-order valence-corrected chi connectivity index (χ3v) is 15.5. The first-order valence-electron chi connectivity index (χ1n) is 25.2. The van der Waals surface area contributed by atoms with E-state index in [4.69, 9.17) is 14.7 Å². The summed E-state index contributed by atoms with van der Waals surface area (Å²) in [5.74, 6) is 0.540. The second kappa shape index (κ2) is 18.3. The molecule has 1 aliphatic heterocycles. The van der Waals surface area contributed by atoms with Gasteiger partial charge in [-0.1, -0.05) is 182 Å². The van der Waals surface area contributed by atoms with Gasteiger partial charge in [-0.2, -0.15) is 6.07 Å². The molecule has 4 heterocycles. The largest absolute Gasteiger partial charge is 2.00 e. The van der Waals surface area contributed by atoms with Gasteiger partial charge in [0, 0.05) is 33.8 Å². The molecule has 0 saturated carbocycles. The first kappa shape index (κ1) is 48.0. The molecule has 73 heavy (non-hydrogen) atoms. The molecule has 0 fully saturated rings. The number of rotatable bonds is 8. The third-order valence-electron chi connectivity index (χ3n) is 15.5. The molecule has 1 aliphatic rings. The Labute approximate surface area is 443 Å². The summed E-state index contributed by atoms with van der Waals surface area (Å²) in [4.78, 5) is 10.8. The smallest absolute Gasteiger partial charge is 0.511 e. The van der Waals surface area contributed by atoms with Crippen molar-refractivity contribution in [1.82, 2.24) is 14.1 Å². The van der Waals surface area contributed by atoms with Gasteiger partial charge in [-0.25, -0.2) is 4.98 Å². The zero-order valence-corrected chi connectivity index (χ0v) is 45.2. The molecule has 0 bridgehead atoms. The van der Waals surface area contributed by atoms with Crippen molar-refractivity contribution in [2.24, 2.45) is 10.4 Å². The van der Waals surface area contributed by atoms with Crippen LogP contribution in [0.4, 0.5) is 0 Å². The van der Waals surface area contributed by atoms with Crippen molar-refractivity contribution in [3.63, 3.8) is 0 Å². The predicted molar refractivity (Wildman–Crippen MR) is 299 cm³/mol. The van der Waals surface area contributed by atoms with Gasteiger partial charge in [-0.15, -0.1) is 35.2 Å². The number of hydrogen-bond donors (Lipinski definition) is 0. The summed E-state index contributed by atoms with van der Waals surface area (Å²) in [6.07, 6.45) is 1.89. The summed E-state index contributed by atoms with van der Waals surface area (Å²) >= 11 is 0. The monoisotopic (exact) mass is 1130 g/mol. The molecule has 0 aliphatic carbocycles. The molecule has 0 amide bonds. The van der Waals surface area contributed by atoms with E-state index in [-0.39, 0.29) is 38.4 Å². The minimum absolute atomic E-state index is 0. The van der Waals surface area contributed by atoms with Crippen molar-refractivity contribution in [3.05, 3.63) is 233 Å². The van der Waals surface area contributed by atoms with Crippen LogP contribution in [-0.2, 0) is 25.8 Å². The molecule has 5 nitrogen and oxygen atoms in total. The van der Waals surface area contributed by atoms with Gasteiger partial charge in [-0.3, -0.25) is 4.99 Å². The number of nitrogens with zero attached hydrogens (tertiary/aromatic N) is 4. The van der Waals surface area contributed by atoms with E-state index in [1.165, 1.54) is 50.1 Å². The summed E-state index contributed by atoms with van der Waals surface area (Å²) in [7, 11) is 0. The van der Waals surface area contributed by atoms with E-state index in [0.29, 0.717) is 5.90 Å². The van der Waals surface area contributed by atoms with Gasteiger partial charge < -0.3 is 13.9 Å². The predicted octanol–water partition coefficient (Wildman–Crippen LogP) is 16.5. The van der Waals surface area contributed by atoms with Crippen LogP contribution in [0.25, 0.3) is 77.4 Å². The van der Waals surface area contributed by atoms with Crippen LogP contribution < -0.4 is 0 Å². The molecular weight excluding hydrogens is 1070 g/mol. The molecule has 0 unspecified atom stereocenters. The molecule has 8 aromatic carbocycles. The molecule has 6 heteroatoms. The maximum Gasteiger partial charge on any atom is 2.00 e. The van der Waals surface area contributed by atoms with Crippen molar-refractivity contribution >= 4 is 49.6 Å². The second-order valence-electron chi connectivity index (χ2n) is 21.3. The van der Waals surface area contributed by atoms with Crippen molar-refractivity contribution in [3.8, 4) is 33.6 Å². The maximum absolute atomic E-state index is 7.46. The van der Waals surface area contributed by atoms with Crippen molar-refractivity contribution in [2.45, 2.75) is 79.9 Å². The van der Waals surface area contributed by atoms with Crippen LogP contribution in [0.2, 0.25) is 0 Å². The van der Waals surface area contributed by atoms with Crippen LogP contribution in [0.1, 0.15) is 78.1 Å². The summed E-state index contributed by atoms with van der Waals surface area (Å²) in [5, 5.41) is 4.54. The van der Waals surface area contributed by atoms with Gasteiger partial charge in [-0.05, 0) is 115 Å². The Bertz CT molecular complexity index is 3890. The molecule has 12 rings (SSSR count). The Hall–Kier alpha value is -7.33. The van der Waals surface area contributed by atoms with Crippen LogP contribution in [0.3, 0.4) is 0 Å². The van der Waals surface area contributed by atoms with E-state index in [1.807, 2.05) is 12.3 Å². The van der Waals surface area contributed by atoms with Gasteiger partial charge in [0.15, 0.2) is 0 Å². The summed E-state index contributed by atoms with van der Waals surface area (Å²) in [5.41, 5.74) is 18.7. The molecule has 11 aromatic rings. The molecule has 0 radical (unpaired) electrons. The fourth-order valence-corrected chi connectivity index (χ4v) is 11.7. The van der Waals surface area contributed by atoms with Gasteiger partial charge in [0.2, 0.25) is 0 Å². The number of pyridine rings is 1. The van der Waals surface area contributed by atoms with Crippen molar-refractivity contribution in [1.29, 1.82) is 0 Å². The standard InChI is InChI=1S/C67H58N4O.Pt/c1-41-27-29-57-54(34-41)55-35-43(3)59(71-58-30-28-49(46-20-13-10-14-21-46)39-56(58)53-26-19-31-68-64(53)71)40-60(55)70(57)52-37-50(61-44(4)32-42(2)33-45(61)5)36-51(38-52)65-69-63(67(9,72-65)66(6,7)8)62(47-22-15-11-16-23-47)48-24-17-12-18-25-48;/h10-37,39,62-63H,1-9H3;/q-2;+2/t63-,67+;/m1./s1. The SMILES string of the molecule is Cc1cc(C)c(-c2cc(C3=N[C@H](C(c4ccccc4)c4ccccc4)[C@@](C)(C(C)(C)C)O3)[c-]c(-n3c4[c-]c(-n5c6ccc(-c7ccccc7)cc6c6cccnc65)c(C)cc4c4cc(C)ccc43)c2)c(C)c1.[Pt+2]. The zero-order valence-electron chi connectivity index (χ0n) is 42.9. The van der Waals surface area contributed by atoms with Crippen molar-refractivity contribution < 1.29 is 25.8 Å². The van der Waals surface area contributed by atoms with E-state index < -0.39 is 5.60 Å². The van der Waals surface area contributed by atoms with Crippen LogP contribution in [0.15, 0.2) is 181 Å². The Morgan fingerprint density at radius 3 is 1.86 bits per heavy atom. The third kappa shape index (κ3) is 8.05. The van der Waals surface area contributed by atoms with Crippen LogP contribution in [0, 0.1) is 52.2 Å². The first-order valence-corrected chi connectivity index (χ1v) is 25.2. The Morgan fingerprint density at radius 2 is 1.19 bits per heavy atom. The number of aromatic nitrogens is 3. The summed E-state index contributed by atoms with van der Waals surface area (Å²) in [6.45, 7) is 20.1. The molecule has 0 N–H and O–H groups in total. The molecule has 3 aromatic heterocycles. The number of ether oxygens (including phenoxy) is 1. The van der Waals surface area contributed by atoms with E-state index >= 15 is 0 Å². The average molecular weight is 1130 g/mol. The van der Waals surface area contributed by atoms with Crippen LogP contribution >= 0.6 is 0 Å². The number of aryl methyl sites for hydroxylation is 5. The zero-order chi connectivity index (χ0) is 49.6. The number of benzene rings is 8. The Balaban J connectivity index is 0.00000574. The molecule has 2 atom stereocenters. The topological polar surface area (TPSA) is 44.3 Å². The summed E-state index contributed by atoms with van der Waals surface area (Å²) < 4.78 is 12.1. The van der Waals surface area contributed by atoms with Crippen molar-refractivity contribution in [2.75, 3.05) is 0 Å². The van der Waals surface area contributed by atoms with Gasteiger partial charge in [0.1, 0.15) is 17.1 Å². The van der Waals surface area contributed by atoms with Gasteiger partial charge in [0.25, 0.3) is 0 Å². The second-order valence-corrected chi connectivity index (χ2v) is 21.3. The first-order chi connectivity index (χ1) is 34.8. The van der Waals surface area contributed by atoms with Gasteiger partial charge >= 0.3 is 21.1 Å². The minimum Gasteiger partial charge on any atom is -0.511 e. The number of hydrogen-bond acceptors (Lipinski definition) is 3. The maximum atomic E-state index is 7.46. The Kier molecular flexibility index (Phi) is 12.0. The van der Waals surface area contributed by atoms with E-state index in [1.54, 1.807) is 0 Å². The molecule has 0 saturated heterocycles. The molecule has 362 valence electrons. The summed E-state index contributed by atoms with van der Waals surface area (Å²) in [6, 6.07) is 69.3. The fraction of sp³-hybridized carbons (Fsp3) is 0.194. The molecule has 0 spiro atoms. The Morgan fingerprint density at radius 1 is 0.562 bits per heavy atom. The molecular formula is C67H58N4OPt. The van der Waals surface area contributed by atoms with E-state index in [9.17, 15) is 0 Å². The van der Waals surface area contributed by atoms with Crippen LogP contribution in [-0.4, -0.2) is 31.7 Å². The quantitative estimate of drug-likeness (QED) is 0.142. The number of aliphatic imine (C=N–C) groups is 1. The number of fused-ring (bicyclic) bond motifs is 6. The minimum atomic E-state index is -0.693. The van der Waals surface area contributed by atoms with E-state index in [0.717, 1.165) is 71.8 Å². The van der Waals surface area contributed by atoms with E-state index in [2.05, 4.69) is 247 Å². The van der Waals surface area contributed by atoms with Gasteiger partial charge in [0.05, 0.1) is 11.6 Å². The normalized spacial score (nSPS) is 15.9. The average Bonchev–Trinajstić information content (AvgIpc) is 4.01.